The summed E-state index contributed by atoms with van der Waals surface area (Å²) in [6, 6.07) is 3.07. The summed E-state index contributed by atoms with van der Waals surface area (Å²) in [5.74, 6) is -0.490. The van der Waals surface area contributed by atoms with E-state index in [1.807, 2.05) is 6.92 Å². The van der Waals surface area contributed by atoms with Crippen molar-refractivity contribution in [1.29, 1.82) is 0 Å². The molecule has 0 aliphatic heterocycles. The summed E-state index contributed by atoms with van der Waals surface area (Å²) in [5.41, 5.74) is 0.553. The van der Waals surface area contributed by atoms with Gasteiger partial charge in [-0.05, 0) is 29.5 Å². The molecule has 78 valence electrons. The minimum absolute atomic E-state index is 0.137. The van der Waals surface area contributed by atoms with Crippen molar-refractivity contribution in [3.05, 3.63) is 44.5 Å². The molecule has 0 aliphatic rings. The highest BCUT2D eigenvalue weighted by molar-refractivity contribution is 9.10. The van der Waals surface area contributed by atoms with Gasteiger partial charge in [-0.3, -0.25) is 4.79 Å². The van der Waals surface area contributed by atoms with Crippen molar-refractivity contribution in [3.63, 3.8) is 0 Å². The molecule has 1 aromatic heterocycles. The van der Waals surface area contributed by atoms with Crippen LogP contribution in [-0.2, 0) is 6.42 Å². The monoisotopic (exact) mass is 269 g/mol. The number of benzene rings is 1. The zero-order valence-electron chi connectivity index (χ0n) is 8.10. The number of rotatable bonds is 1. The molecule has 1 aromatic carbocycles. The SMILES string of the molecule is CCc1c[nH]c(=O)c2c(F)cc(Br)cc12. The van der Waals surface area contributed by atoms with E-state index in [9.17, 15) is 9.18 Å². The average molecular weight is 270 g/mol. The molecular weight excluding hydrogens is 261 g/mol. The predicted molar refractivity (Wildman–Crippen MR) is 61.6 cm³/mol. The van der Waals surface area contributed by atoms with Crippen LogP contribution in [0.15, 0.2) is 27.6 Å². The van der Waals surface area contributed by atoms with Crippen molar-refractivity contribution in [1.82, 2.24) is 4.98 Å². The maximum atomic E-state index is 13.6. The van der Waals surface area contributed by atoms with Crippen molar-refractivity contribution < 1.29 is 4.39 Å². The third-order valence-electron chi connectivity index (χ3n) is 2.39. The standard InChI is InChI=1S/C11H9BrFNO/c1-2-6-5-14-11(15)10-8(6)3-7(12)4-9(10)13/h3-5H,2H2,1H3,(H,14,15). The van der Waals surface area contributed by atoms with E-state index >= 15 is 0 Å². The molecule has 0 amide bonds. The van der Waals surface area contributed by atoms with Gasteiger partial charge in [0, 0.05) is 10.7 Å². The van der Waals surface area contributed by atoms with Crippen molar-refractivity contribution in [2.45, 2.75) is 13.3 Å². The molecule has 2 rings (SSSR count). The van der Waals surface area contributed by atoms with Gasteiger partial charge in [0.15, 0.2) is 0 Å². The first-order valence-corrected chi connectivity index (χ1v) is 5.42. The number of hydrogen-bond acceptors (Lipinski definition) is 1. The lowest BCUT2D eigenvalue weighted by atomic mass is 10.1. The lowest BCUT2D eigenvalue weighted by molar-refractivity contribution is 0.637. The number of aromatic nitrogens is 1. The second-order valence-corrected chi connectivity index (χ2v) is 4.22. The van der Waals surface area contributed by atoms with Gasteiger partial charge in [-0.15, -0.1) is 0 Å². The number of halogens is 2. The first-order valence-electron chi connectivity index (χ1n) is 4.62. The lowest BCUT2D eigenvalue weighted by Crippen LogP contribution is -2.08. The number of nitrogens with one attached hydrogen (secondary N) is 1. The molecule has 4 heteroatoms. The fourth-order valence-electron chi connectivity index (χ4n) is 1.65. The summed E-state index contributed by atoms with van der Waals surface area (Å²) in [4.78, 5) is 14.0. The van der Waals surface area contributed by atoms with Gasteiger partial charge in [0.05, 0.1) is 5.39 Å². The quantitative estimate of drug-likeness (QED) is 0.848. The number of aryl methyl sites for hydroxylation is 1. The number of hydrogen-bond donors (Lipinski definition) is 1. The van der Waals surface area contributed by atoms with E-state index < -0.39 is 5.82 Å². The van der Waals surface area contributed by atoms with Gasteiger partial charge in [-0.25, -0.2) is 4.39 Å². The van der Waals surface area contributed by atoms with Crippen LogP contribution in [0.2, 0.25) is 0 Å². The fourth-order valence-corrected chi connectivity index (χ4v) is 2.08. The minimum Gasteiger partial charge on any atom is -0.328 e. The van der Waals surface area contributed by atoms with Gasteiger partial charge >= 0.3 is 0 Å². The van der Waals surface area contributed by atoms with Crippen LogP contribution in [0.4, 0.5) is 4.39 Å². The fraction of sp³-hybridized carbons (Fsp3) is 0.182. The van der Waals surface area contributed by atoms with E-state index in [2.05, 4.69) is 20.9 Å². The third kappa shape index (κ3) is 1.69. The molecule has 0 atom stereocenters. The second kappa shape index (κ2) is 3.77. The Hall–Kier alpha value is -1.16. The van der Waals surface area contributed by atoms with Crippen LogP contribution >= 0.6 is 15.9 Å². The van der Waals surface area contributed by atoms with Crippen molar-refractivity contribution in [2.24, 2.45) is 0 Å². The van der Waals surface area contributed by atoms with Crippen LogP contribution < -0.4 is 5.56 Å². The molecule has 1 N–H and O–H groups in total. The Bertz CT molecular complexity index is 577. The number of fused-ring (bicyclic) bond motifs is 1. The highest BCUT2D eigenvalue weighted by Crippen LogP contribution is 2.23. The summed E-state index contributed by atoms with van der Waals surface area (Å²) < 4.78 is 14.2. The Morgan fingerprint density at radius 3 is 2.87 bits per heavy atom. The minimum atomic E-state index is -0.490. The molecule has 15 heavy (non-hydrogen) atoms. The van der Waals surface area contributed by atoms with Crippen molar-refractivity contribution >= 4 is 26.7 Å². The smallest absolute Gasteiger partial charge is 0.258 e. The first kappa shape index (κ1) is 10.4. The van der Waals surface area contributed by atoms with Gasteiger partial charge < -0.3 is 4.98 Å². The normalized spacial score (nSPS) is 10.9. The molecule has 0 spiro atoms. The molecule has 2 nitrogen and oxygen atoms in total. The molecule has 0 fully saturated rings. The maximum absolute atomic E-state index is 13.6. The molecule has 1 heterocycles. The molecule has 0 saturated heterocycles. The second-order valence-electron chi connectivity index (χ2n) is 3.31. The summed E-state index contributed by atoms with van der Waals surface area (Å²) in [7, 11) is 0. The van der Waals surface area contributed by atoms with E-state index in [0.29, 0.717) is 9.86 Å². The highest BCUT2D eigenvalue weighted by Gasteiger charge is 2.09. The molecule has 0 radical (unpaired) electrons. The predicted octanol–water partition coefficient (Wildman–Crippen LogP) is 2.99. The van der Waals surface area contributed by atoms with Gasteiger partial charge in [0.25, 0.3) is 5.56 Å². The van der Waals surface area contributed by atoms with E-state index in [4.69, 9.17) is 0 Å². The molecule has 0 saturated carbocycles. The van der Waals surface area contributed by atoms with Crippen LogP contribution in [0.5, 0.6) is 0 Å². The Morgan fingerprint density at radius 1 is 1.47 bits per heavy atom. The molecule has 0 bridgehead atoms. The summed E-state index contributed by atoms with van der Waals surface area (Å²) >= 11 is 3.22. The van der Waals surface area contributed by atoms with Crippen LogP contribution in [0, 0.1) is 5.82 Å². The van der Waals surface area contributed by atoms with E-state index in [1.165, 1.54) is 6.07 Å². The lowest BCUT2D eigenvalue weighted by Gasteiger charge is -2.04. The van der Waals surface area contributed by atoms with Crippen LogP contribution in [0.1, 0.15) is 12.5 Å². The van der Waals surface area contributed by atoms with Gasteiger partial charge in [0.2, 0.25) is 0 Å². The highest BCUT2D eigenvalue weighted by atomic mass is 79.9. The number of pyridine rings is 1. The number of aromatic amines is 1. The Kier molecular flexibility index (Phi) is 2.61. The average Bonchev–Trinajstić information content (AvgIpc) is 2.17. The van der Waals surface area contributed by atoms with Crippen molar-refractivity contribution in [3.8, 4) is 0 Å². The Labute approximate surface area is 94.3 Å². The Morgan fingerprint density at radius 2 is 2.20 bits per heavy atom. The molecule has 2 aromatic rings. The summed E-state index contributed by atoms with van der Waals surface area (Å²) in [6.07, 6.45) is 2.39. The van der Waals surface area contributed by atoms with Crippen LogP contribution in [0.3, 0.4) is 0 Å². The largest absolute Gasteiger partial charge is 0.328 e. The van der Waals surface area contributed by atoms with Gasteiger partial charge in [-0.2, -0.15) is 0 Å². The molecule has 0 aliphatic carbocycles. The molecule has 0 unspecified atom stereocenters. The topological polar surface area (TPSA) is 32.9 Å². The van der Waals surface area contributed by atoms with Crippen molar-refractivity contribution in [2.75, 3.05) is 0 Å². The Balaban J connectivity index is 3.00. The first-order chi connectivity index (χ1) is 7.13. The summed E-state index contributed by atoms with van der Waals surface area (Å²) in [5, 5.41) is 0.811. The molecular formula is C11H9BrFNO. The van der Waals surface area contributed by atoms with Crippen LogP contribution in [-0.4, -0.2) is 4.98 Å². The van der Waals surface area contributed by atoms with Gasteiger partial charge in [-0.1, -0.05) is 22.9 Å². The zero-order valence-corrected chi connectivity index (χ0v) is 9.69. The maximum Gasteiger partial charge on any atom is 0.258 e. The van der Waals surface area contributed by atoms with E-state index in [0.717, 1.165) is 12.0 Å². The van der Waals surface area contributed by atoms with Gasteiger partial charge in [0.1, 0.15) is 5.82 Å². The number of H-pyrrole nitrogens is 1. The van der Waals surface area contributed by atoms with E-state index in [-0.39, 0.29) is 10.9 Å². The zero-order chi connectivity index (χ0) is 11.0. The summed E-state index contributed by atoms with van der Waals surface area (Å²) in [6.45, 7) is 1.96. The van der Waals surface area contributed by atoms with E-state index in [1.54, 1.807) is 12.3 Å². The third-order valence-corrected chi connectivity index (χ3v) is 2.84. The van der Waals surface area contributed by atoms with Crippen LogP contribution in [0.25, 0.3) is 10.8 Å².